The Hall–Kier alpha value is -2.89. The van der Waals surface area contributed by atoms with Crippen molar-refractivity contribution in [1.82, 2.24) is 24.2 Å². The van der Waals surface area contributed by atoms with Gasteiger partial charge in [0, 0.05) is 25.5 Å². The third-order valence-electron chi connectivity index (χ3n) is 5.14. The largest absolute Gasteiger partial charge is 0.336 e. The van der Waals surface area contributed by atoms with Gasteiger partial charge < -0.3 is 9.47 Å². The third kappa shape index (κ3) is 2.92. The molecule has 6 heteroatoms. The van der Waals surface area contributed by atoms with Crippen molar-refractivity contribution in [3.63, 3.8) is 0 Å². The summed E-state index contributed by atoms with van der Waals surface area (Å²) in [5.74, 6) is 0.0759. The summed E-state index contributed by atoms with van der Waals surface area (Å²) < 4.78 is 3.96. The average molecular weight is 349 g/mol. The van der Waals surface area contributed by atoms with E-state index < -0.39 is 0 Å². The second-order valence-corrected chi connectivity index (χ2v) is 6.85. The maximum Gasteiger partial charge on any atom is 0.257 e. The maximum absolute atomic E-state index is 13.2. The highest BCUT2D eigenvalue weighted by atomic mass is 16.2. The van der Waals surface area contributed by atoms with E-state index in [-0.39, 0.29) is 5.91 Å². The number of amides is 1. The Morgan fingerprint density at radius 3 is 2.73 bits per heavy atom. The number of aromatic nitrogens is 4. The zero-order valence-corrected chi connectivity index (χ0v) is 15.2. The lowest BCUT2D eigenvalue weighted by molar-refractivity contribution is 0.0678. The molecule has 6 nitrogen and oxygen atoms in total. The number of likely N-dealkylation sites (tertiary alicyclic amines) is 1. The van der Waals surface area contributed by atoms with E-state index in [1.807, 2.05) is 66.3 Å². The van der Waals surface area contributed by atoms with Crippen LogP contribution in [0.3, 0.4) is 0 Å². The standard InChI is InChI=1S/C20H23N5O/c1-15-19(16(2)25(22-15)17-7-4-3-5-8-17)20(26)23-11-6-9-18(13-23)24-12-10-21-14-24/h3-5,7-8,10,12,14,18H,6,9,11,13H2,1-2H3/t18-/m1/s1. The quantitative estimate of drug-likeness (QED) is 0.730. The lowest BCUT2D eigenvalue weighted by Gasteiger charge is -2.33. The van der Waals surface area contributed by atoms with Crippen LogP contribution >= 0.6 is 0 Å². The molecule has 0 unspecified atom stereocenters. The number of carbonyl (C=O) groups is 1. The van der Waals surface area contributed by atoms with Gasteiger partial charge in [-0.2, -0.15) is 5.10 Å². The number of carbonyl (C=O) groups excluding carboxylic acids is 1. The molecule has 0 N–H and O–H groups in total. The molecule has 3 heterocycles. The van der Waals surface area contributed by atoms with Crippen LogP contribution in [0.25, 0.3) is 5.69 Å². The minimum Gasteiger partial charge on any atom is -0.336 e. The number of imidazole rings is 1. The van der Waals surface area contributed by atoms with Crippen molar-refractivity contribution in [2.75, 3.05) is 13.1 Å². The Labute approximate surface area is 153 Å². The molecule has 1 aliphatic rings. The molecule has 1 atom stereocenters. The van der Waals surface area contributed by atoms with Crippen molar-refractivity contribution in [2.45, 2.75) is 32.7 Å². The van der Waals surface area contributed by atoms with Gasteiger partial charge in [-0.15, -0.1) is 0 Å². The van der Waals surface area contributed by atoms with Gasteiger partial charge in [-0.3, -0.25) is 4.79 Å². The number of piperidine rings is 1. The molecule has 134 valence electrons. The van der Waals surface area contributed by atoms with Gasteiger partial charge in [0.1, 0.15) is 0 Å². The summed E-state index contributed by atoms with van der Waals surface area (Å²) in [5, 5.41) is 4.62. The number of rotatable bonds is 3. The highest BCUT2D eigenvalue weighted by Gasteiger charge is 2.29. The molecule has 1 aromatic carbocycles. The number of hydrogen-bond donors (Lipinski definition) is 0. The van der Waals surface area contributed by atoms with Gasteiger partial charge in [0.05, 0.1) is 35.0 Å². The Balaban J connectivity index is 1.61. The summed E-state index contributed by atoms with van der Waals surface area (Å²) in [4.78, 5) is 19.3. The Morgan fingerprint density at radius 2 is 2.00 bits per heavy atom. The first kappa shape index (κ1) is 16.6. The van der Waals surface area contributed by atoms with Gasteiger partial charge in [-0.25, -0.2) is 9.67 Å². The zero-order chi connectivity index (χ0) is 18.1. The van der Waals surface area contributed by atoms with Gasteiger partial charge in [-0.1, -0.05) is 18.2 Å². The van der Waals surface area contributed by atoms with Crippen LogP contribution < -0.4 is 0 Å². The molecule has 1 aliphatic heterocycles. The molecule has 26 heavy (non-hydrogen) atoms. The van der Waals surface area contributed by atoms with Crippen molar-refractivity contribution in [1.29, 1.82) is 0 Å². The summed E-state index contributed by atoms with van der Waals surface area (Å²) in [6.07, 6.45) is 7.67. The average Bonchev–Trinajstić information content (AvgIpc) is 3.30. The van der Waals surface area contributed by atoms with Crippen molar-refractivity contribution >= 4 is 5.91 Å². The van der Waals surface area contributed by atoms with Crippen LogP contribution in [0, 0.1) is 13.8 Å². The first-order valence-corrected chi connectivity index (χ1v) is 9.03. The van der Waals surface area contributed by atoms with E-state index in [0.29, 0.717) is 12.6 Å². The highest BCUT2D eigenvalue weighted by Crippen LogP contribution is 2.25. The van der Waals surface area contributed by atoms with E-state index in [1.165, 1.54) is 0 Å². The summed E-state index contributed by atoms with van der Waals surface area (Å²) in [6.45, 7) is 5.39. The normalized spacial score (nSPS) is 17.5. The number of aryl methyl sites for hydroxylation is 1. The van der Waals surface area contributed by atoms with Crippen LogP contribution in [-0.2, 0) is 0 Å². The smallest absolute Gasteiger partial charge is 0.257 e. The molecule has 0 saturated carbocycles. The zero-order valence-electron chi connectivity index (χ0n) is 15.2. The van der Waals surface area contributed by atoms with E-state index in [1.54, 1.807) is 6.20 Å². The topological polar surface area (TPSA) is 56.0 Å². The van der Waals surface area contributed by atoms with E-state index >= 15 is 0 Å². The van der Waals surface area contributed by atoms with Crippen LogP contribution in [0.2, 0.25) is 0 Å². The molecular weight excluding hydrogens is 326 g/mol. The monoisotopic (exact) mass is 349 g/mol. The van der Waals surface area contributed by atoms with Crippen LogP contribution in [0.1, 0.15) is 40.6 Å². The van der Waals surface area contributed by atoms with Crippen molar-refractivity contribution in [3.05, 3.63) is 66.0 Å². The fraction of sp³-hybridized carbons (Fsp3) is 0.350. The summed E-state index contributed by atoms with van der Waals surface area (Å²) in [7, 11) is 0. The minimum absolute atomic E-state index is 0.0759. The molecule has 1 fully saturated rings. The van der Waals surface area contributed by atoms with Gasteiger partial charge in [0.15, 0.2) is 0 Å². The molecule has 0 bridgehead atoms. The fourth-order valence-electron chi connectivity index (χ4n) is 3.80. The van der Waals surface area contributed by atoms with Crippen molar-refractivity contribution in [3.8, 4) is 5.69 Å². The summed E-state index contributed by atoms with van der Waals surface area (Å²) in [6, 6.07) is 10.2. The van der Waals surface area contributed by atoms with Crippen molar-refractivity contribution in [2.24, 2.45) is 0 Å². The third-order valence-corrected chi connectivity index (χ3v) is 5.14. The minimum atomic E-state index is 0.0759. The number of hydrogen-bond acceptors (Lipinski definition) is 3. The molecule has 2 aromatic heterocycles. The molecule has 3 aromatic rings. The van der Waals surface area contributed by atoms with Crippen LogP contribution in [0.15, 0.2) is 49.1 Å². The second kappa shape index (κ2) is 6.78. The Bertz CT molecular complexity index is 898. The van der Waals surface area contributed by atoms with E-state index in [0.717, 1.165) is 42.0 Å². The Morgan fingerprint density at radius 1 is 1.19 bits per heavy atom. The first-order chi connectivity index (χ1) is 12.6. The summed E-state index contributed by atoms with van der Waals surface area (Å²) >= 11 is 0. The fourth-order valence-corrected chi connectivity index (χ4v) is 3.80. The van der Waals surface area contributed by atoms with E-state index in [2.05, 4.69) is 14.6 Å². The van der Waals surface area contributed by atoms with E-state index in [4.69, 9.17) is 0 Å². The summed E-state index contributed by atoms with van der Waals surface area (Å²) in [5.41, 5.74) is 3.37. The number of benzene rings is 1. The highest BCUT2D eigenvalue weighted by molar-refractivity contribution is 5.96. The molecule has 0 aliphatic carbocycles. The lowest BCUT2D eigenvalue weighted by Crippen LogP contribution is -2.40. The van der Waals surface area contributed by atoms with Crippen LogP contribution in [0.4, 0.5) is 0 Å². The number of nitrogens with zero attached hydrogens (tertiary/aromatic N) is 5. The predicted molar refractivity (Wildman–Crippen MR) is 99.4 cm³/mol. The first-order valence-electron chi connectivity index (χ1n) is 9.03. The SMILES string of the molecule is Cc1nn(-c2ccccc2)c(C)c1C(=O)N1CCC[C@@H](n2ccnc2)C1. The molecule has 4 rings (SSSR count). The molecular formula is C20H23N5O. The van der Waals surface area contributed by atoms with Crippen LogP contribution in [-0.4, -0.2) is 43.2 Å². The second-order valence-electron chi connectivity index (χ2n) is 6.85. The van der Waals surface area contributed by atoms with Crippen molar-refractivity contribution < 1.29 is 4.79 Å². The molecule has 0 spiro atoms. The molecule has 1 saturated heterocycles. The van der Waals surface area contributed by atoms with Crippen LogP contribution in [0.5, 0.6) is 0 Å². The van der Waals surface area contributed by atoms with Gasteiger partial charge >= 0.3 is 0 Å². The van der Waals surface area contributed by atoms with Gasteiger partial charge in [0.25, 0.3) is 5.91 Å². The van der Waals surface area contributed by atoms with E-state index in [9.17, 15) is 4.79 Å². The predicted octanol–water partition coefficient (Wildman–Crippen LogP) is 3.16. The number of para-hydroxylation sites is 1. The molecule has 1 amide bonds. The van der Waals surface area contributed by atoms with Gasteiger partial charge in [0.2, 0.25) is 0 Å². The lowest BCUT2D eigenvalue weighted by atomic mass is 10.0. The molecule has 0 radical (unpaired) electrons. The van der Waals surface area contributed by atoms with Gasteiger partial charge in [-0.05, 0) is 38.8 Å². The Kier molecular flexibility index (Phi) is 4.32. The maximum atomic E-state index is 13.2.